The van der Waals surface area contributed by atoms with Crippen molar-refractivity contribution < 1.29 is 4.74 Å². The Hall–Kier alpha value is -4.00. The van der Waals surface area contributed by atoms with Gasteiger partial charge in [0.25, 0.3) is 0 Å². The van der Waals surface area contributed by atoms with E-state index in [0.29, 0.717) is 24.0 Å². The molecule has 0 aliphatic carbocycles. The third kappa shape index (κ3) is 3.34. The van der Waals surface area contributed by atoms with Gasteiger partial charge in [0.05, 0.1) is 12.0 Å². The van der Waals surface area contributed by atoms with E-state index in [-0.39, 0.29) is 0 Å². The van der Waals surface area contributed by atoms with Crippen LogP contribution in [0.15, 0.2) is 79.3 Å². The Morgan fingerprint density at radius 3 is 2.31 bits per heavy atom. The number of ether oxygens (including phenoxy) is 1. The first-order valence-corrected chi connectivity index (χ1v) is 9.25. The maximum atomic E-state index is 6.10. The van der Waals surface area contributed by atoms with E-state index >= 15 is 0 Å². The van der Waals surface area contributed by atoms with Crippen LogP contribution in [0.2, 0.25) is 0 Å². The van der Waals surface area contributed by atoms with E-state index in [2.05, 4.69) is 15.2 Å². The molecule has 142 valence electrons. The monoisotopic (exact) mass is 382 g/mol. The molecule has 0 aliphatic rings. The highest BCUT2D eigenvalue weighted by molar-refractivity contribution is 5.72. The van der Waals surface area contributed by atoms with E-state index in [4.69, 9.17) is 9.84 Å². The van der Waals surface area contributed by atoms with Gasteiger partial charge < -0.3 is 9.30 Å². The molecule has 2 aromatic carbocycles. The number of rotatable bonds is 5. The van der Waals surface area contributed by atoms with Crippen LogP contribution in [0.5, 0.6) is 5.88 Å². The zero-order valence-corrected chi connectivity index (χ0v) is 15.8. The smallest absolute Gasteiger partial charge is 0.240 e. The van der Waals surface area contributed by atoms with Gasteiger partial charge in [-0.3, -0.25) is 0 Å². The molecule has 5 aromatic rings. The second-order valence-corrected chi connectivity index (χ2v) is 6.71. The van der Waals surface area contributed by atoms with Gasteiger partial charge in [0.2, 0.25) is 5.88 Å². The summed E-state index contributed by atoms with van der Waals surface area (Å²) in [6.45, 7) is 0.321. The van der Waals surface area contributed by atoms with Crippen LogP contribution >= 0.6 is 0 Å². The molecule has 0 unspecified atom stereocenters. The molecule has 29 heavy (non-hydrogen) atoms. The molecule has 0 saturated heterocycles. The highest BCUT2D eigenvalue weighted by atomic mass is 16.5. The lowest BCUT2D eigenvalue weighted by Gasteiger charge is -2.11. The quantitative estimate of drug-likeness (QED) is 0.463. The summed E-state index contributed by atoms with van der Waals surface area (Å²) < 4.78 is 9.70. The highest BCUT2D eigenvalue weighted by Crippen LogP contribution is 2.30. The van der Waals surface area contributed by atoms with Crippen molar-refractivity contribution in [1.82, 2.24) is 29.4 Å². The zero-order chi connectivity index (χ0) is 19.6. The van der Waals surface area contributed by atoms with Crippen molar-refractivity contribution >= 4 is 5.65 Å². The van der Waals surface area contributed by atoms with E-state index in [0.717, 1.165) is 22.4 Å². The molecule has 5 rings (SSSR count). The number of hydrogen-bond acceptors (Lipinski definition) is 5. The second-order valence-electron chi connectivity index (χ2n) is 6.71. The van der Waals surface area contributed by atoms with Gasteiger partial charge in [-0.05, 0) is 11.6 Å². The third-order valence-corrected chi connectivity index (χ3v) is 4.59. The van der Waals surface area contributed by atoms with Crippen LogP contribution in [0.4, 0.5) is 0 Å². The van der Waals surface area contributed by atoms with Gasteiger partial charge >= 0.3 is 0 Å². The Labute approximate surface area is 167 Å². The van der Waals surface area contributed by atoms with Gasteiger partial charge in [-0.15, -0.1) is 15.3 Å². The van der Waals surface area contributed by atoms with Gasteiger partial charge in [-0.2, -0.15) is 4.52 Å². The average Bonchev–Trinajstić information content (AvgIpc) is 3.38. The van der Waals surface area contributed by atoms with Crippen LogP contribution in [0.25, 0.3) is 28.2 Å². The Kier molecular flexibility index (Phi) is 4.25. The first-order valence-electron chi connectivity index (χ1n) is 9.25. The first-order chi connectivity index (χ1) is 14.3. The summed E-state index contributed by atoms with van der Waals surface area (Å²) in [5.74, 6) is 1.18. The van der Waals surface area contributed by atoms with Crippen LogP contribution in [-0.2, 0) is 13.7 Å². The lowest BCUT2D eigenvalue weighted by atomic mass is 10.1. The molecular weight excluding hydrogens is 364 g/mol. The van der Waals surface area contributed by atoms with Crippen molar-refractivity contribution in [2.24, 2.45) is 7.05 Å². The molecular formula is C22H18N6O. The fourth-order valence-corrected chi connectivity index (χ4v) is 3.20. The van der Waals surface area contributed by atoms with E-state index in [1.54, 1.807) is 10.8 Å². The predicted molar refractivity (Wildman–Crippen MR) is 109 cm³/mol. The summed E-state index contributed by atoms with van der Waals surface area (Å²) in [4.78, 5) is 4.33. The van der Waals surface area contributed by atoms with E-state index in [9.17, 15) is 0 Å². The maximum Gasteiger partial charge on any atom is 0.240 e. The molecule has 0 spiro atoms. The van der Waals surface area contributed by atoms with E-state index in [1.165, 1.54) is 0 Å². The molecule has 3 heterocycles. The van der Waals surface area contributed by atoms with Crippen molar-refractivity contribution in [2.45, 2.75) is 6.61 Å². The number of aromatic nitrogens is 6. The highest BCUT2D eigenvalue weighted by Gasteiger charge is 2.16. The molecule has 0 atom stereocenters. The number of aryl methyl sites for hydroxylation is 1. The fourth-order valence-electron chi connectivity index (χ4n) is 3.20. The molecule has 3 aromatic heterocycles. The molecule has 0 bridgehead atoms. The fraction of sp³-hybridized carbons (Fsp3) is 0.0909. The number of nitrogens with zero attached hydrogens (tertiary/aromatic N) is 6. The van der Waals surface area contributed by atoms with Crippen LogP contribution in [0.3, 0.4) is 0 Å². The van der Waals surface area contributed by atoms with Crippen LogP contribution in [-0.4, -0.2) is 29.4 Å². The van der Waals surface area contributed by atoms with E-state index < -0.39 is 0 Å². The summed E-state index contributed by atoms with van der Waals surface area (Å²) in [6, 6.07) is 21.8. The van der Waals surface area contributed by atoms with Crippen LogP contribution in [0.1, 0.15) is 5.69 Å². The topological polar surface area (TPSA) is 70.1 Å². The Bertz CT molecular complexity index is 1260. The van der Waals surface area contributed by atoms with Gasteiger partial charge in [0.1, 0.15) is 6.61 Å². The number of imidazole rings is 1. The van der Waals surface area contributed by atoms with Gasteiger partial charge in [0.15, 0.2) is 11.5 Å². The largest absolute Gasteiger partial charge is 0.470 e. The normalized spacial score (nSPS) is 11.1. The zero-order valence-electron chi connectivity index (χ0n) is 15.8. The van der Waals surface area contributed by atoms with E-state index in [1.807, 2.05) is 84.5 Å². The van der Waals surface area contributed by atoms with Crippen molar-refractivity contribution in [2.75, 3.05) is 0 Å². The number of fused-ring (bicyclic) bond motifs is 1. The molecule has 7 heteroatoms. The van der Waals surface area contributed by atoms with Crippen molar-refractivity contribution in [3.05, 3.63) is 84.9 Å². The molecule has 0 fully saturated rings. The molecule has 0 radical (unpaired) electrons. The van der Waals surface area contributed by atoms with Gasteiger partial charge in [-0.1, -0.05) is 60.7 Å². The molecule has 7 nitrogen and oxygen atoms in total. The summed E-state index contributed by atoms with van der Waals surface area (Å²) in [5.41, 5.74) is 4.30. The van der Waals surface area contributed by atoms with Crippen molar-refractivity contribution in [3.63, 3.8) is 0 Å². The minimum absolute atomic E-state index is 0.321. The SMILES string of the molecule is Cn1cnc(COc2nn3c(-c4ccccc4)nnc3cc2-c2ccccc2)c1. The van der Waals surface area contributed by atoms with Crippen LogP contribution < -0.4 is 4.74 Å². The van der Waals surface area contributed by atoms with Gasteiger partial charge in [-0.25, -0.2) is 4.98 Å². The summed E-state index contributed by atoms with van der Waals surface area (Å²) in [6.07, 6.45) is 3.68. The second kappa shape index (κ2) is 7.20. The van der Waals surface area contributed by atoms with Gasteiger partial charge in [0, 0.05) is 24.4 Å². The van der Waals surface area contributed by atoms with Crippen LogP contribution in [0, 0.1) is 0 Å². The molecule has 0 aliphatic heterocycles. The minimum Gasteiger partial charge on any atom is -0.470 e. The number of hydrogen-bond donors (Lipinski definition) is 0. The Balaban J connectivity index is 1.62. The van der Waals surface area contributed by atoms with Crippen molar-refractivity contribution in [1.29, 1.82) is 0 Å². The molecule has 0 N–H and O–H groups in total. The maximum absolute atomic E-state index is 6.10. The minimum atomic E-state index is 0.321. The standard InChI is InChI=1S/C22H18N6O/c1-27-13-18(23-15-27)14-29-22-19(16-8-4-2-5-9-16)12-20-24-25-21(28(20)26-22)17-10-6-3-7-11-17/h2-13,15H,14H2,1H3. The number of benzene rings is 2. The summed E-state index contributed by atoms with van der Waals surface area (Å²) >= 11 is 0. The Morgan fingerprint density at radius 2 is 1.62 bits per heavy atom. The Morgan fingerprint density at radius 1 is 0.897 bits per heavy atom. The van der Waals surface area contributed by atoms with Crippen molar-refractivity contribution in [3.8, 4) is 28.4 Å². The third-order valence-electron chi connectivity index (χ3n) is 4.59. The molecule has 0 amide bonds. The lowest BCUT2D eigenvalue weighted by Crippen LogP contribution is -2.04. The lowest BCUT2D eigenvalue weighted by molar-refractivity contribution is 0.286. The predicted octanol–water partition coefficient (Wildman–Crippen LogP) is 3.77. The average molecular weight is 382 g/mol. The summed E-state index contributed by atoms with van der Waals surface area (Å²) in [5, 5.41) is 13.4. The summed E-state index contributed by atoms with van der Waals surface area (Å²) in [7, 11) is 1.93. The molecule has 0 saturated carbocycles. The first kappa shape index (κ1) is 17.1.